The molecule has 3 heteroatoms. The second kappa shape index (κ2) is 6.74. The van der Waals surface area contributed by atoms with Crippen LogP contribution in [0.2, 0.25) is 0 Å². The highest BCUT2D eigenvalue weighted by Crippen LogP contribution is 2.26. The van der Waals surface area contributed by atoms with Crippen molar-refractivity contribution in [3.8, 4) is 6.07 Å². The van der Waals surface area contributed by atoms with Crippen molar-refractivity contribution < 1.29 is 4.74 Å². The molecule has 0 spiro atoms. The quantitative estimate of drug-likeness (QED) is 0.895. The molecule has 20 heavy (non-hydrogen) atoms. The third-order valence-corrected chi connectivity index (χ3v) is 3.25. The second-order valence-electron chi connectivity index (χ2n) is 4.63. The maximum absolute atomic E-state index is 9.22. The SMILES string of the molecule is COCCc1ccccc1Nc1c(C)cccc1C#N. The van der Waals surface area contributed by atoms with Crippen LogP contribution in [-0.2, 0) is 11.2 Å². The van der Waals surface area contributed by atoms with Crippen LogP contribution in [0, 0.1) is 18.3 Å². The highest BCUT2D eigenvalue weighted by Gasteiger charge is 2.08. The van der Waals surface area contributed by atoms with Gasteiger partial charge in [0.1, 0.15) is 6.07 Å². The van der Waals surface area contributed by atoms with Crippen molar-refractivity contribution >= 4 is 11.4 Å². The summed E-state index contributed by atoms with van der Waals surface area (Å²) in [6.45, 7) is 2.68. The smallest absolute Gasteiger partial charge is 0.101 e. The molecule has 0 aliphatic rings. The van der Waals surface area contributed by atoms with Gasteiger partial charge in [0.25, 0.3) is 0 Å². The van der Waals surface area contributed by atoms with Gasteiger partial charge in [0.15, 0.2) is 0 Å². The molecule has 0 aromatic heterocycles. The summed E-state index contributed by atoms with van der Waals surface area (Å²) in [5, 5.41) is 12.6. The van der Waals surface area contributed by atoms with Crippen LogP contribution in [0.4, 0.5) is 11.4 Å². The van der Waals surface area contributed by atoms with Crippen LogP contribution in [0.3, 0.4) is 0 Å². The summed E-state index contributed by atoms with van der Waals surface area (Å²) in [5.41, 5.74) is 4.80. The fourth-order valence-electron chi connectivity index (χ4n) is 2.13. The van der Waals surface area contributed by atoms with E-state index in [2.05, 4.69) is 17.5 Å². The number of hydrogen-bond donors (Lipinski definition) is 1. The minimum Gasteiger partial charge on any atom is -0.384 e. The lowest BCUT2D eigenvalue weighted by molar-refractivity contribution is 0.202. The lowest BCUT2D eigenvalue weighted by Crippen LogP contribution is -2.02. The molecule has 2 rings (SSSR count). The first-order chi connectivity index (χ1) is 9.76. The molecule has 0 aliphatic heterocycles. The topological polar surface area (TPSA) is 45.0 Å². The summed E-state index contributed by atoms with van der Waals surface area (Å²) >= 11 is 0. The minimum atomic E-state index is 0.659. The van der Waals surface area contributed by atoms with Crippen LogP contribution < -0.4 is 5.32 Å². The summed E-state index contributed by atoms with van der Waals surface area (Å²) in [6, 6.07) is 16.1. The second-order valence-corrected chi connectivity index (χ2v) is 4.63. The number of rotatable bonds is 5. The van der Waals surface area contributed by atoms with Crippen LogP contribution in [0.1, 0.15) is 16.7 Å². The molecular formula is C17H18N2O. The standard InChI is InChI=1S/C17H18N2O/c1-13-6-5-8-15(12-18)17(13)19-16-9-4-3-7-14(16)10-11-20-2/h3-9,19H,10-11H2,1-2H3. The molecule has 0 radical (unpaired) electrons. The van der Waals surface area contributed by atoms with Crippen molar-refractivity contribution in [1.82, 2.24) is 0 Å². The zero-order valence-corrected chi connectivity index (χ0v) is 11.8. The summed E-state index contributed by atoms with van der Waals surface area (Å²) in [5.74, 6) is 0. The van der Waals surface area contributed by atoms with E-state index in [1.807, 2.05) is 43.3 Å². The number of nitrogens with zero attached hydrogens (tertiary/aromatic N) is 1. The average Bonchev–Trinajstić information content (AvgIpc) is 2.48. The van der Waals surface area contributed by atoms with E-state index in [1.54, 1.807) is 7.11 Å². The van der Waals surface area contributed by atoms with Gasteiger partial charge in [-0.2, -0.15) is 5.26 Å². The summed E-state index contributed by atoms with van der Waals surface area (Å²) in [6.07, 6.45) is 0.841. The maximum Gasteiger partial charge on any atom is 0.101 e. The van der Waals surface area contributed by atoms with Crippen LogP contribution in [-0.4, -0.2) is 13.7 Å². The number of nitriles is 1. The van der Waals surface area contributed by atoms with Gasteiger partial charge >= 0.3 is 0 Å². The van der Waals surface area contributed by atoms with E-state index in [-0.39, 0.29) is 0 Å². The van der Waals surface area contributed by atoms with E-state index in [0.29, 0.717) is 12.2 Å². The Kier molecular flexibility index (Phi) is 4.75. The van der Waals surface area contributed by atoms with Gasteiger partial charge < -0.3 is 10.1 Å². The van der Waals surface area contributed by atoms with Gasteiger partial charge in [-0.05, 0) is 36.6 Å². The first kappa shape index (κ1) is 14.1. The van der Waals surface area contributed by atoms with Crippen molar-refractivity contribution in [1.29, 1.82) is 5.26 Å². The molecule has 0 fully saturated rings. The predicted octanol–water partition coefficient (Wildman–Crippen LogP) is 3.80. The number of benzene rings is 2. The fourth-order valence-corrected chi connectivity index (χ4v) is 2.13. The Hall–Kier alpha value is -2.31. The van der Waals surface area contributed by atoms with Crippen molar-refractivity contribution in [2.75, 3.05) is 19.0 Å². The van der Waals surface area contributed by atoms with E-state index < -0.39 is 0 Å². The van der Waals surface area contributed by atoms with Crippen LogP contribution in [0.25, 0.3) is 0 Å². The van der Waals surface area contributed by atoms with Crippen molar-refractivity contribution in [3.63, 3.8) is 0 Å². The average molecular weight is 266 g/mol. The molecule has 3 nitrogen and oxygen atoms in total. The monoisotopic (exact) mass is 266 g/mol. The molecule has 0 amide bonds. The molecule has 0 atom stereocenters. The molecular weight excluding hydrogens is 248 g/mol. The van der Waals surface area contributed by atoms with E-state index in [0.717, 1.165) is 23.4 Å². The number of methoxy groups -OCH3 is 1. The summed E-state index contributed by atoms with van der Waals surface area (Å²) in [7, 11) is 1.70. The third-order valence-electron chi connectivity index (χ3n) is 3.25. The number of anilines is 2. The predicted molar refractivity (Wildman–Crippen MR) is 81.2 cm³/mol. The zero-order valence-electron chi connectivity index (χ0n) is 11.8. The Morgan fingerprint density at radius 1 is 1.15 bits per heavy atom. The van der Waals surface area contributed by atoms with Gasteiger partial charge in [-0.1, -0.05) is 30.3 Å². The third kappa shape index (κ3) is 3.17. The van der Waals surface area contributed by atoms with Crippen molar-refractivity contribution in [2.45, 2.75) is 13.3 Å². The van der Waals surface area contributed by atoms with E-state index in [9.17, 15) is 5.26 Å². The molecule has 2 aromatic carbocycles. The molecule has 0 aliphatic carbocycles. The highest BCUT2D eigenvalue weighted by molar-refractivity contribution is 5.71. The number of nitrogens with one attached hydrogen (secondary N) is 1. The van der Waals surface area contributed by atoms with Crippen LogP contribution in [0.15, 0.2) is 42.5 Å². The van der Waals surface area contributed by atoms with Crippen molar-refractivity contribution in [2.24, 2.45) is 0 Å². The van der Waals surface area contributed by atoms with Crippen LogP contribution in [0.5, 0.6) is 0 Å². The molecule has 1 N–H and O–H groups in total. The minimum absolute atomic E-state index is 0.659. The summed E-state index contributed by atoms with van der Waals surface area (Å²) < 4.78 is 5.14. The van der Waals surface area contributed by atoms with E-state index >= 15 is 0 Å². The molecule has 0 saturated heterocycles. The first-order valence-electron chi connectivity index (χ1n) is 6.60. The Labute approximate surface area is 119 Å². The Balaban J connectivity index is 2.33. The molecule has 0 saturated carbocycles. The lowest BCUT2D eigenvalue weighted by atomic mass is 10.1. The number of hydrogen-bond acceptors (Lipinski definition) is 3. The highest BCUT2D eigenvalue weighted by atomic mass is 16.5. The van der Waals surface area contributed by atoms with Crippen LogP contribution >= 0.6 is 0 Å². The van der Waals surface area contributed by atoms with E-state index in [1.165, 1.54) is 5.56 Å². The Morgan fingerprint density at radius 2 is 1.95 bits per heavy atom. The molecule has 102 valence electrons. The normalized spacial score (nSPS) is 10.1. The number of aryl methyl sites for hydroxylation is 1. The fraction of sp³-hybridized carbons (Fsp3) is 0.235. The molecule has 0 unspecified atom stereocenters. The molecule has 0 bridgehead atoms. The van der Waals surface area contributed by atoms with Crippen molar-refractivity contribution in [3.05, 3.63) is 59.2 Å². The number of ether oxygens (including phenoxy) is 1. The summed E-state index contributed by atoms with van der Waals surface area (Å²) in [4.78, 5) is 0. The lowest BCUT2D eigenvalue weighted by Gasteiger charge is -2.15. The zero-order chi connectivity index (χ0) is 14.4. The van der Waals surface area contributed by atoms with Gasteiger partial charge in [-0.25, -0.2) is 0 Å². The number of para-hydroxylation sites is 2. The maximum atomic E-state index is 9.22. The largest absolute Gasteiger partial charge is 0.384 e. The Morgan fingerprint density at radius 3 is 2.70 bits per heavy atom. The van der Waals surface area contributed by atoms with Gasteiger partial charge in [-0.3, -0.25) is 0 Å². The molecule has 2 aromatic rings. The molecule has 0 heterocycles. The Bertz CT molecular complexity index is 629. The van der Waals surface area contributed by atoms with Gasteiger partial charge in [0, 0.05) is 12.8 Å². The van der Waals surface area contributed by atoms with Gasteiger partial charge in [-0.15, -0.1) is 0 Å². The first-order valence-corrected chi connectivity index (χ1v) is 6.60. The van der Waals surface area contributed by atoms with E-state index in [4.69, 9.17) is 4.74 Å². The van der Waals surface area contributed by atoms with Gasteiger partial charge in [0.05, 0.1) is 17.9 Å². The van der Waals surface area contributed by atoms with Gasteiger partial charge in [0.2, 0.25) is 0 Å².